The van der Waals surface area contributed by atoms with Crippen molar-refractivity contribution in [3.63, 3.8) is 0 Å². The van der Waals surface area contributed by atoms with Gasteiger partial charge in [-0.15, -0.1) is 0 Å². The molecule has 162 valence electrons. The molecule has 6 nitrogen and oxygen atoms in total. The lowest BCUT2D eigenvalue weighted by atomic mass is 10.2. The molecule has 0 bridgehead atoms. The number of likely N-dealkylation sites (N-methyl/N-ethyl adjacent to an activating group) is 1. The molecular formula is C23H31N3O3S. The number of nitrogens with zero attached hydrogens (tertiary/aromatic N) is 3. The molecule has 30 heavy (non-hydrogen) atoms. The maximum atomic E-state index is 13.1. The number of hydrogen-bond donors (Lipinski definition) is 0. The third kappa shape index (κ3) is 4.91. The van der Waals surface area contributed by atoms with Crippen molar-refractivity contribution in [3.8, 4) is 0 Å². The molecule has 2 aromatic rings. The van der Waals surface area contributed by atoms with E-state index in [1.54, 1.807) is 11.0 Å². The standard InChI is InChI=1S/C23H31N3O3S/c1-18-10-11-19(2)22(16-18)30(28,29)26-14-12-25(13-15-26)20(3)23(27)24(4)17-21-8-6-5-7-9-21/h5-11,16,20H,12-15,17H2,1-4H3. The zero-order chi connectivity index (χ0) is 21.9. The minimum Gasteiger partial charge on any atom is -0.340 e. The highest BCUT2D eigenvalue weighted by Crippen LogP contribution is 2.23. The molecular weight excluding hydrogens is 398 g/mol. The summed E-state index contributed by atoms with van der Waals surface area (Å²) >= 11 is 0. The first-order chi connectivity index (χ1) is 14.2. The van der Waals surface area contributed by atoms with Crippen LogP contribution in [0.4, 0.5) is 0 Å². The Morgan fingerprint density at radius 2 is 1.67 bits per heavy atom. The van der Waals surface area contributed by atoms with Gasteiger partial charge in [-0.05, 0) is 43.5 Å². The van der Waals surface area contributed by atoms with Crippen LogP contribution >= 0.6 is 0 Å². The van der Waals surface area contributed by atoms with Crippen molar-refractivity contribution in [2.45, 2.75) is 38.3 Å². The van der Waals surface area contributed by atoms with E-state index in [4.69, 9.17) is 0 Å². The monoisotopic (exact) mass is 429 g/mol. The first-order valence-corrected chi connectivity index (χ1v) is 11.7. The Bertz CT molecular complexity index is 984. The van der Waals surface area contributed by atoms with E-state index in [1.165, 1.54) is 4.31 Å². The molecule has 0 saturated carbocycles. The molecule has 2 aromatic carbocycles. The van der Waals surface area contributed by atoms with Gasteiger partial charge in [0.15, 0.2) is 0 Å². The van der Waals surface area contributed by atoms with E-state index in [-0.39, 0.29) is 11.9 Å². The van der Waals surface area contributed by atoms with Gasteiger partial charge in [-0.25, -0.2) is 8.42 Å². The maximum absolute atomic E-state index is 13.1. The minimum absolute atomic E-state index is 0.0460. The number of hydrogen-bond acceptors (Lipinski definition) is 4. The van der Waals surface area contributed by atoms with Gasteiger partial charge in [0.2, 0.25) is 15.9 Å². The summed E-state index contributed by atoms with van der Waals surface area (Å²) in [5.74, 6) is 0.0460. The summed E-state index contributed by atoms with van der Waals surface area (Å²) in [6, 6.07) is 15.1. The number of rotatable bonds is 6. The normalized spacial score (nSPS) is 16.9. The van der Waals surface area contributed by atoms with Gasteiger partial charge in [0.05, 0.1) is 10.9 Å². The van der Waals surface area contributed by atoms with Crippen LogP contribution in [0.2, 0.25) is 0 Å². The molecule has 1 aliphatic heterocycles. The van der Waals surface area contributed by atoms with Crippen LogP contribution in [0.1, 0.15) is 23.6 Å². The Balaban J connectivity index is 1.61. The molecule has 1 fully saturated rings. The topological polar surface area (TPSA) is 60.9 Å². The lowest BCUT2D eigenvalue weighted by Gasteiger charge is -2.38. The van der Waals surface area contributed by atoms with Gasteiger partial charge in [0.1, 0.15) is 0 Å². The lowest BCUT2D eigenvalue weighted by Crippen LogP contribution is -2.55. The molecule has 0 radical (unpaired) electrons. The first-order valence-electron chi connectivity index (χ1n) is 10.3. The summed E-state index contributed by atoms with van der Waals surface area (Å²) in [6.07, 6.45) is 0. The van der Waals surface area contributed by atoms with Crippen molar-refractivity contribution in [2.75, 3.05) is 33.2 Å². The molecule has 0 N–H and O–H groups in total. The maximum Gasteiger partial charge on any atom is 0.243 e. The molecule has 3 rings (SSSR count). The van der Waals surface area contributed by atoms with Crippen LogP contribution in [0.5, 0.6) is 0 Å². The highest BCUT2D eigenvalue weighted by atomic mass is 32.2. The minimum atomic E-state index is -3.53. The van der Waals surface area contributed by atoms with Crippen LogP contribution in [-0.2, 0) is 21.4 Å². The predicted molar refractivity (Wildman–Crippen MR) is 119 cm³/mol. The molecule has 1 unspecified atom stereocenters. The Morgan fingerprint density at radius 1 is 1.03 bits per heavy atom. The Hall–Kier alpha value is -2.22. The molecule has 1 heterocycles. The van der Waals surface area contributed by atoms with E-state index >= 15 is 0 Å². The summed E-state index contributed by atoms with van der Waals surface area (Å²) in [4.78, 5) is 17.1. The van der Waals surface area contributed by atoms with Crippen LogP contribution < -0.4 is 0 Å². The van der Waals surface area contributed by atoms with Gasteiger partial charge < -0.3 is 4.90 Å². The van der Waals surface area contributed by atoms with E-state index in [9.17, 15) is 13.2 Å². The lowest BCUT2D eigenvalue weighted by molar-refractivity contribution is -0.136. The van der Waals surface area contributed by atoms with Crippen LogP contribution in [0.15, 0.2) is 53.4 Å². The largest absolute Gasteiger partial charge is 0.340 e. The zero-order valence-corrected chi connectivity index (χ0v) is 19.0. The van der Waals surface area contributed by atoms with E-state index < -0.39 is 10.0 Å². The van der Waals surface area contributed by atoms with Gasteiger partial charge in [-0.1, -0.05) is 42.5 Å². The second-order valence-corrected chi connectivity index (χ2v) is 9.97. The van der Waals surface area contributed by atoms with Gasteiger partial charge in [0.25, 0.3) is 0 Å². The smallest absolute Gasteiger partial charge is 0.243 e. The molecule has 0 aliphatic carbocycles. The second-order valence-electron chi connectivity index (χ2n) is 8.06. The number of amides is 1. The van der Waals surface area contributed by atoms with E-state index in [1.807, 2.05) is 70.3 Å². The quantitative estimate of drug-likeness (QED) is 0.708. The van der Waals surface area contributed by atoms with Gasteiger partial charge >= 0.3 is 0 Å². The fourth-order valence-electron chi connectivity index (χ4n) is 3.87. The van der Waals surface area contributed by atoms with Crippen molar-refractivity contribution >= 4 is 15.9 Å². The molecule has 7 heteroatoms. The molecule has 1 atom stereocenters. The van der Waals surface area contributed by atoms with Crippen molar-refractivity contribution in [3.05, 3.63) is 65.2 Å². The highest BCUT2D eigenvalue weighted by Gasteiger charge is 2.33. The average Bonchev–Trinajstić information content (AvgIpc) is 2.75. The fraction of sp³-hybridized carbons (Fsp3) is 0.435. The van der Waals surface area contributed by atoms with Crippen molar-refractivity contribution in [1.82, 2.24) is 14.1 Å². The highest BCUT2D eigenvalue weighted by molar-refractivity contribution is 7.89. The van der Waals surface area contributed by atoms with Crippen molar-refractivity contribution in [1.29, 1.82) is 0 Å². The molecule has 1 aliphatic rings. The van der Waals surface area contributed by atoms with Crippen LogP contribution in [0, 0.1) is 13.8 Å². The fourth-order valence-corrected chi connectivity index (χ4v) is 5.60. The summed E-state index contributed by atoms with van der Waals surface area (Å²) in [5.41, 5.74) is 2.78. The molecule has 0 aromatic heterocycles. The van der Waals surface area contributed by atoms with Crippen LogP contribution in [0.25, 0.3) is 0 Å². The summed E-state index contributed by atoms with van der Waals surface area (Å²) in [7, 11) is -1.72. The molecule has 1 saturated heterocycles. The van der Waals surface area contributed by atoms with Crippen molar-refractivity contribution < 1.29 is 13.2 Å². The van der Waals surface area contributed by atoms with Gasteiger partial charge in [0, 0.05) is 39.8 Å². The summed E-state index contributed by atoms with van der Waals surface area (Å²) in [6.45, 7) is 8.03. The van der Waals surface area contributed by atoms with E-state index in [2.05, 4.69) is 4.90 Å². The Kier molecular flexibility index (Phi) is 6.95. The summed E-state index contributed by atoms with van der Waals surface area (Å²) in [5, 5.41) is 0. The van der Waals surface area contributed by atoms with Crippen LogP contribution in [0.3, 0.4) is 0 Å². The van der Waals surface area contributed by atoms with Crippen LogP contribution in [-0.4, -0.2) is 67.7 Å². The molecule has 0 spiro atoms. The second kappa shape index (κ2) is 9.29. The number of piperazine rings is 1. The summed E-state index contributed by atoms with van der Waals surface area (Å²) < 4.78 is 27.8. The number of benzene rings is 2. The SMILES string of the molecule is Cc1ccc(C)c(S(=O)(=O)N2CCN(C(C)C(=O)N(C)Cc3ccccc3)CC2)c1. The Labute approximate surface area is 180 Å². The third-order valence-electron chi connectivity index (χ3n) is 5.78. The third-order valence-corrected chi connectivity index (χ3v) is 7.82. The Morgan fingerprint density at radius 3 is 2.30 bits per heavy atom. The first kappa shape index (κ1) is 22.5. The predicted octanol–water partition coefficient (Wildman–Crippen LogP) is 2.66. The zero-order valence-electron chi connectivity index (χ0n) is 18.2. The van der Waals surface area contributed by atoms with Gasteiger partial charge in [-0.3, -0.25) is 9.69 Å². The molecule has 1 amide bonds. The number of sulfonamides is 1. The van der Waals surface area contributed by atoms with E-state index in [0.717, 1.165) is 16.7 Å². The van der Waals surface area contributed by atoms with Gasteiger partial charge in [-0.2, -0.15) is 4.31 Å². The van der Waals surface area contributed by atoms with Crippen molar-refractivity contribution in [2.24, 2.45) is 0 Å². The van der Waals surface area contributed by atoms with E-state index in [0.29, 0.717) is 37.6 Å². The number of carbonyl (C=O) groups excluding carboxylic acids is 1. The average molecular weight is 430 g/mol. The number of carbonyl (C=O) groups is 1. The number of aryl methyl sites for hydroxylation is 2.